The van der Waals surface area contributed by atoms with E-state index < -0.39 is 16.3 Å². The predicted octanol–water partition coefficient (Wildman–Crippen LogP) is -1.42. The van der Waals surface area contributed by atoms with Crippen LogP contribution in [-0.4, -0.2) is 61.5 Å². The molecular weight excluding hydrogens is 218 g/mol. The van der Waals surface area contributed by atoms with Crippen molar-refractivity contribution < 1.29 is 13.5 Å². The predicted molar refractivity (Wildman–Crippen MR) is 57.4 cm³/mol. The SMILES string of the molecule is CN(CCCN)S(=O)(=O)N1CCC(O)C1. The van der Waals surface area contributed by atoms with Gasteiger partial charge in [0.1, 0.15) is 0 Å². The van der Waals surface area contributed by atoms with Gasteiger partial charge in [-0.15, -0.1) is 0 Å². The van der Waals surface area contributed by atoms with E-state index in [1.807, 2.05) is 0 Å². The number of aliphatic hydroxyl groups is 1. The van der Waals surface area contributed by atoms with Crippen molar-refractivity contribution >= 4 is 10.2 Å². The Hall–Kier alpha value is -0.210. The zero-order chi connectivity index (χ0) is 11.5. The quantitative estimate of drug-likeness (QED) is 0.614. The third-order valence-electron chi connectivity index (χ3n) is 2.52. The molecule has 1 aliphatic rings. The molecule has 90 valence electrons. The number of rotatable bonds is 5. The summed E-state index contributed by atoms with van der Waals surface area (Å²) in [6.07, 6.45) is 0.637. The van der Waals surface area contributed by atoms with Gasteiger partial charge in [0.25, 0.3) is 10.2 Å². The van der Waals surface area contributed by atoms with Crippen molar-refractivity contribution in [1.29, 1.82) is 0 Å². The van der Waals surface area contributed by atoms with Gasteiger partial charge in [0.15, 0.2) is 0 Å². The second kappa shape index (κ2) is 5.22. The summed E-state index contributed by atoms with van der Waals surface area (Å²) in [5.41, 5.74) is 5.32. The van der Waals surface area contributed by atoms with E-state index in [4.69, 9.17) is 5.73 Å². The van der Waals surface area contributed by atoms with E-state index in [2.05, 4.69) is 0 Å². The lowest BCUT2D eigenvalue weighted by Gasteiger charge is -2.23. The molecule has 0 radical (unpaired) electrons. The maximum atomic E-state index is 11.9. The second-order valence-electron chi connectivity index (χ2n) is 3.77. The molecule has 0 saturated carbocycles. The van der Waals surface area contributed by atoms with Gasteiger partial charge < -0.3 is 10.8 Å². The van der Waals surface area contributed by atoms with Crippen molar-refractivity contribution in [3.8, 4) is 0 Å². The molecule has 7 heteroatoms. The zero-order valence-corrected chi connectivity index (χ0v) is 9.78. The van der Waals surface area contributed by atoms with Gasteiger partial charge >= 0.3 is 0 Å². The summed E-state index contributed by atoms with van der Waals surface area (Å²) in [6, 6.07) is 0. The first-order valence-corrected chi connectivity index (χ1v) is 6.47. The summed E-state index contributed by atoms with van der Waals surface area (Å²) in [4.78, 5) is 0. The van der Waals surface area contributed by atoms with Gasteiger partial charge in [-0.05, 0) is 19.4 Å². The van der Waals surface area contributed by atoms with Crippen LogP contribution < -0.4 is 5.73 Å². The van der Waals surface area contributed by atoms with E-state index in [-0.39, 0.29) is 6.54 Å². The molecule has 1 rings (SSSR count). The molecule has 1 unspecified atom stereocenters. The molecule has 0 aromatic carbocycles. The lowest BCUT2D eigenvalue weighted by Crippen LogP contribution is -2.41. The van der Waals surface area contributed by atoms with Crippen molar-refractivity contribution in [2.45, 2.75) is 18.9 Å². The van der Waals surface area contributed by atoms with Crippen LogP contribution in [0, 0.1) is 0 Å². The number of aliphatic hydroxyl groups excluding tert-OH is 1. The lowest BCUT2D eigenvalue weighted by molar-refractivity contribution is 0.188. The topological polar surface area (TPSA) is 86.9 Å². The first kappa shape index (κ1) is 12.9. The first-order valence-electron chi connectivity index (χ1n) is 5.08. The van der Waals surface area contributed by atoms with Crippen LogP contribution in [-0.2, 0) is 10.2 Å². The highest BCUT2D eigenvalue weighted by Crippen LogP contribution is 2.15. The molecule has 0 amide bonds. The average molecular weight is 237 g/mol. The van der Waals surface area contributed by atoms with Crippen molar-refractivity contribution in [3.63, 3.8) is 0 Å². The summed E-state index contributed by atoms with van der Waals surface area (Å²) in [5, 5.41) is 9.28. The summed E-state index contributed by atoms with van der Waals surface area (Å²) >= 11 is 0. The highest BCUT2D eigenvalue weighted by atomic mass is 32.2. The van der Waals surface area contributed by atoms with Crippen LogP contribution in [0.15, 0.2) is 0 Å². The Kier molecular flexibility index (Phi) is 4.47. The summed E-state index contributed by atoms with van der Waals surface area (Å²) in [5.74, 6) is 0. The Labute approximate surface area is 90.8 Å². The minimum Gasteiger partial charge on any atom is -0.392 e. The van der Waals surface area contributed by atoms with E-state index in [1.165, 1.54) is 15.7 Å². The van der Waals surface area contributed by atoms with E-state index in [1.54, 1.807) is 0 Å². The smallest absolute Gasteiger partial charge is 0.281 e. The zero-order valence-electron chi connectivity index (χ0n) is 8.96. The average Bonchev–Trinajstić information content (AvgIpc) is 2.61. The molecule has 0 aromatic rings. The van der Waals surface area contributed by atoms with Gasteiger partial charge in [-0.2, -0.15) is 17.0 Å². The Morgan fingerprint density at radius 2 is 2.27 bits per heavy atom. The lowest BCUT2D eigenvalue weighted by atomic mass is 10.3. The van der Waals surface area contributed by atoms with E-state index in [9.17, 15) is 13.5 Å². The molecule has 15 heavy (non-hydrogen) atoms. The van der Waals surface area contributed by atoms with E-state index in [0.717, 1.165) is 0 Å². The molecule has 0 spiro atoms. The fourth-order valence-electron chi connectivity index (χ4n) is 1.55. The van der Waals surface area contributed by atoms with Crippen molar-refractivity contribution in [3.05, 3.63) is 0 Å². The Bertz CT molecular complexity index is 294. The fourth-order valence-corrected chi connectivity index (χ4v) is 3.00. The molecule has 1 fully saturated rings. The molecule has 0 aliphatic carbocycles. The number of nitrogens with zero attached hydrogens (tertiary/aromatic N) is 2. The number of nitrogens with two attached hydrogens (primary N) is 1. The highest BCUT2D eigenvalue weighted by Gasteiger charge is 2.32. The molecule has 1 aliphatic heterocycles. The molecule has 1 atom stereocenters. The minimum atomic E-state index is -3.39. The van der Waals surface area contributed by atoms with Crippen molar-refractivity contribution in [2.24, 2.45) is 5.73 Å². The monoisotopic (exact) mass is 237 g/mol. The molecule has 0 aromatic heterocycles. The number of β-amino-alcohol motifs (C(OH)–C–C–N with tert-alkyl or cyclic N) is 1. The van der Waals surface area contributed by atoms with Crippen molar-refractivity contribution in [2.75, 3.05) is 33.2 Å². The summed E-state index contributed by atoms with van der Waals surface area (Å²) < 4.78 is 26.4. The minimum absolute atomic E-state index is 0.204. The molecule has 1 heterocycles. The van der Waals surface area contributed by atoms with Crippen LogP contribution in [0.5, 0.6) is 0 Å². The fraction of sp³-hybridized carbons (Fsp3) is 1.00. The van der Waals surface area contributed by atoms with Gasteiger partial charge in [0.05, 0.1) is 6.10 Å². The Balaban J connectivity index is 2.57. The third kappa shape index (κ3) is 3.12. The molecule has 3 N–H and O–H groups in total. The van der Waals surface area contributed by atoms with Gasteiger partial charge in [-0.3, -0.25) is 0 Å². The third-order valence-corrected chi connectivity index (χ3v) is 4.48. The largest absolute Gasteiger partial charge is 0.392 e. The maximum absolute atomic E-state index is 11.9. The normalized spacial score (nSPS) is 23.9. The maximum Gasteiger partial charge on any atom is 0.281 e. The first-order chi connectivity index (χ1) is 6.98. The molecule has 1 saturated heterocycles. The summed E-state index contributed by atoms with van der Waals surface area (Å²) in [7, 11) is -1.86. The number of hydrogen-bond donors (Lipinski definition) is 2. The Morgan fingerprint density at radius 1 is 1.60 bits per heavy atom. The molecular formula is C8H19N3O3S. The van der Waals surface area contributed by atoms with Gasteiger partial charge in [-0.25, -0.2) is 0 Å². The van der Waals surface area contributed by atoms with Gasteiger partial charge in [-0.1, -0.05) is 0 Å². The van der Waals surface area contributed by atoms with Crippen LogP contribution in [0.2, 0.25) is 0 Å². The van der Waals surface area contributed by atoms with Crippen LogP contribution in [0.4, 0.5) is 0 Å². The number of hydrogen-bond acceptors (Lipinski definition) is 4. The van der Waals surface area contributed by atoms with Gasteiger partial charge in [0.2, 0.25) is 0 Å². The van der Waals surface area contributed by atoms with Crippen LogP contribution >= 0.6 is 0 Å². The Morgan fingerprint density at radius 3 is 2.73 bits per heavy atom. The van der Waals surface area contributed by atoms with Crippen LogP contribution in [0.25, 0.3) is 0 Å². The summed E-state index contributed by atoms with van der Waals surface area (Å²) in [6.45, 7) is 1.50. The van der Waals surface area contributed by atoms with E-state index >= 15 is 0 Å². The van der Waals surface area contributed by atoms with Crippen LogP contribution in [0.1, 0.15) is 12.8 Å². The van der Waals surface area contributed by atoms with Crippen molar-refractivity contribution in [1.82, 2.24) is 8.61 Å². The van der Waals surface area contributed by atoms with Crippen LogP contribution in [0.3, 0.4) is 0 Å². The van der Waals surface area contributed by atoms with Gasteiger partial charge in [0, 0.05) is 26.7 Å². The standard InChI is InChI=1S/C8H19N3O3S/c1-10(5-2-4-9)15(13,14)11-6-3-8(12)7-11/h8,12H,2-7,9H2,1H3. The molecule has 0 bridgehead atoms. The second-order valence-corrected chi connectivity index (χ2v) is 5.81. The highest BCUT2D eigenvalue weighted by molar-refractivity contribution is 7.86. The molecule has 6 nitrogen and oxygen atoms in total. The van der Waals surface area contributed by atoms with E-state index in [0.29, 0.717) is 32.5 Å².